The summed E-state index contributed by atoms with van der Waals surface area (Å²) in [5.74, 6) is 0.354. The standard InChI is InChI=1S/C23H31FN4O2/c1-5-16(2)28-22(29)19-10-8-9-18(13-19)15-27-23(25-4)26-14-17(3)30-21-12-7-6-11-20(21)24/h6-13,16-17H,5,14-15H2,1-4H3,(H,28,29)(H2,25,26,27). The number of ether oxygens (including phenoxy) is 1. The van der Waals surface area contributed by atoms with Crippen LogP contribution in [0.15, 0.2) is 53.5 Å². The van der Waals surface area contributed by atoms with Gasteiger partial charge in [0, 0.05) is 25.2 Å². The summed E-state index contributed by atoms with van der Waals surface area (Å²) in [6.45, 7) is 6.83. The number of carbonyl (C=O) groups is 1. The van der Waals surface area contributed by atoms with E-state index in [0.29, 0.717) is 24.6 Å². The van der Waals surface area contributed by atoms with Crippen molar-refractivity contribution >= 4 is 11.9 Å². The number of aliphatic imine (C=N–C) groups is 1. The third-order valence-electron chi connectivity index (χ3n) is 4.58. The molecule has 2 aromatic carbocycles. The second kappa shape index (κ2) is 11.8. The van der Waals surface area contributed by atoms with Crippen LogP contribution in [0.2, 0.25) is 0 Å². The van der Waals surface area contributed by atoms with E-state index in [0.717, 1.165) is 12.0 Å². The predicted molar refractivity (Wildman–Crippen MR) is 118 cm³/mol. The number of hydrogen-bond donors (Lipinski definition) is 3. The number of carbonyl (C=O) groups excluding carboxylic acids is 1. The molecule has 0 aliphatic carbocycles. The molecule has 0 radical (unpaired) electrons. The number of hydrogen-bond acceptors (Lipinski definition) is 3. The van der Waals surface area contributed by atoms with Gasteiger partial charge in [-0.3, -0.25) is 9.79 Å². The zero-order chi connectivity index (χ0) is 21.9. The number of nitrogens with one attached hydrogen (secondary N) is 3. The number of para-hydroxylation sites is 1. The number of amides is 1. The van der Waals surface area contributed by atoms with Gasteiger partial charge in [-0.1, -0.05) is 31.2 Å². The van der Waals surface area contributed by atoms with E-state index in [-0.39, 0.29) is 29.6 Å². The van der Waals surface area contributed by atoms with Gasteiger partial charge >= 0.3 is 0 Å². The molecule has 0 saturated carbocycles. The molecular formula is C23H31FN4O2. The Morgan fingerprint density at radius 1 is 1.13 bits per heavy atom. The third-order valence-corrected chi connectivity index (χ3v) is 4.58. The molecule has 1 amide bonds. The first-order valence-electron chi connectivity index (χ1n) is 10.2. The van der Waals surface area contributed by atoms with Gasteiger partial charge < -0.3 is 20.7 Å². The molecule has 0 saturated heterocycles. The second-order valence-electron chi connectivity index (χ2n) is 7.15. The lowest BCUT2D eigenvalue weighted by molar-refractivity contribution is 0.0939. The highest BCUT2D eigenvalue weighted by atomic mass is 19.1. The van der Waals surface area contributed by atoms with Crippen molar-refractivity contribution in [1.29, 1.82) is 0 Å². The molecular weight excluding hydrogens is 383 g/mol. The van der Waals surface area contributed by atoms with E-state index in [1.165, 1.54) is 6.07 Å². The molecule has 0 aromatic heterocycles. The second-order valence-corrected chi connectivity index (χ2v) is 7.15. The fraction of sp³-hybridized carbons (Fsp3) is 0.391. The fourth-order valence-corrected chi connectivity index (χ4v) is 2.68. The molecule has 162 valence electrons. The van der Waals surface area contributed by atoms with Gasteiger partial charge in [0.15, 0.2) is 17.5 Å². The Kier molecular flexibility index (Phi) is 9.12. The van der Waals surface area contributed by atoms with E-state index in [2.05, 4.69) is 20.9 Å². The highest BCUT2D eigenvalue weighted by molar-refractivity contribution is 5.94. The average molecular weight is 415 g/mol. The Balaban J connectivity index is 1.84. The number of rotatable bonds is 9. The Labute approximate surface area is 177 Å². The van der Waals surface area contributed by atoms with Crippen molar-refractivity contribution in [1.82, 2.24) is 16.0 Å². The SMILES string of the molecule is CCC(C)NC(=O)c1cccc(CNC(=NC)NCC(C)Oc2ccccc2F)c1. The summed E-state index contributed by atoms with van der Waals surface area (Å²) < 4.78 is 19.3. The lowest BCUT2D eigenvalue weighted by atomic mass is 10.1. The molecule has 0 fully saturated rings. The van der Waals surface area contributed by atoms with Gasteiger partial charge in [-0.15, -0.1) is 0 Å². The highest BCUT2D eigenvalue weighted by Crippen LogP contribution is 2.16. The average Bonchev–Trinajstić information content (AvgIpc) is 2.75. The van der Waals surface area contributed by atoms with E-state index >= 15 is 0 Å². The summed E-state index contributed by atoms with van der Waals surface area (Å²) >= 11 is 0. The molecule has 0 spiro atoms. The normalized spacial score (nSPS) is 13.3. The Bertz CT molecular complexity index is 857. The largest absolute Gasteiger partial charge is 0.486 e. The minimum absolute atomic E-state index is 0.0761. The molecule has 0 bridgehead atoms. The van der Waals surface area contributed by atoms with Gasteiger partial charge in [-0.2, -0.15) is 0 Å². The van der Waals surface area contributed by atoms with E-state index in [9.17, 15) is 9.18 Å². The number of halogens is 1. The van der Waals surface area contributed by atoms with Crippen LogP contribution >= 0.6 is 0 Å². The zero-order valence-corrected chi connectivity index (χ0v) is 18.0. The minimum Gasteiger partial charge on any atom is -0.486 e. The number of benzene rings is 2. The van der Waals surface area contributed by atoms with Gasteiger partial charge in [0.25, 0.3) is 5.91 Å². The molecule has 0 aliphatic rings. The molecule has 2 rings (SSSR count). The van der Waals surface area contributed by atoms with Gasteiger partial charge in [0.2, 0.25) is 0 Å². The van der Waals surface area contributed by atoms with E-state index in [4.69, 9.17) is 4.74 Å². The van der Waals surface area contributed by atoms with Crippen molar-refractivity contribution in [2.75, 3.05) is 13.6 Å². The third kappa shape index (κ3) is 7.39. The van der Waals surface area contributed by atoms with Crippen LogP contribution in [0.1, 0.15) is 43.1 Å². The Morgan fingerprint density at radius 2 is 1.90 bits per heavy atom. The monoisotopic (exact) mass is 414 g/mol. The molecule has 6 nitrogen and oxygen atoms in total. The van der Waals surface area contributed by atoms with Gasteiger partial charge in [-0.05, 0) is 50.1 Å². The smallest absolute Gasteiger partial charge is 0.251 e. The molecule has 7 heteroatoms. The van der Waals surface area contributed by atoms with Crippen LogP contribution in [0, 0.1) is 5.82 Å². The van der Waals surface area contributed by atoms with Crippen molar-refractivity contribution in [3.05, 3.63) is 65.5 Å². The van der Waals surface area contributed by atoms with Gasteiger partial charge in [-0.25, -0.2) is 4.39 Å². The molecule has 2 aromatic rings. The first kappa shape index (κ1) is 23.2. The van der Waals surface area contributed by atoms with E-state index in [1.54, 1.807) is 31.3 Å². The van der Waals surface area contributed by atoms with Gasteiger partial charge in [0.05, 0.1) is 6.54 Å². The fourth-order valence-electron chi connectivity index (χ4n) is 2.68. The van der Waals surface area contributed by atoms with E-state index < -0.39 is 0 Å². The van der Waals surface area contributed by atoms with E-state index in [1.807, 2.05) is 39.0 Å². The van der Waals surface area contributed by atoms with Gasteiger partial charge in [0.1, 0.15) is 6.10 Å². The Hall–Kier alpha value is -3.09. The van der Waals surface area contributed by atoms with Crippen molar-refractivity contribution < 1.29 is 13.9 Å². The predicted octanol–water partition coefficient (Wildman–Crippen LogP) is 3.49. The topological polar surface area (TPSA) is 74.8 Å². The Morgan fingerprint density at radius 3 is 2.60 bits per heavy atom. The van der Waals surface area contributed by atoms with Crippen molar-refractivity contribution in [3.8, 4) is 5.75 Å². The maximum Gasteiger partial charge on any atom is 0.251 e. The minimum atomic E-state index is -0.385. The maximum atomic E-state index is 13.7. The summed E-state index contributed by atoms with van der Waals surface area (Å²) in [5.41, 5.74) is 1.59. The van der Waals surface area contributed by atoms with Crippen LogP contribution in [0.5, 0.6) is 5.75 Å². The summed E-state index contributed by atoms with van der Waals surface area (Å²) in [7, 11) is 1.67. The summed E-state index contributed by atoms with van der Waals surface area (Å²) in [6, 6.07) is 13.9. The quantitative estimate of drug-likeness (QED) is 0.434. The maximum absolute atomic E-state index is 13.7. The van der Waals surface area contributed by atoms with Crippen LogP contribution in [0.4, 0.5) is 4.39 Å². The van der Waals surface area contributed by atoms with Crippen molar-refractivity contribution in [3.63, 3.8) is 0 Å². The molecule has 30 heavy (non-hydrogen) atoms. The summed E-state index contributed by atoms with van der Waals surface area (Å²) in [4.78, 5) is 16.5. The molecule has 3 N–H and O–H groups in total. The van der Waals surface area contributed by atoms with Crippen LogP contribution in [-0.4, -0.2) is 37.6 Å². The van der Waals surface area contributed by atoms with Crippen LogP contribution < -0.4 is 20.7 Å². The molecule has 2 atom stereocenters. The summed E-state index contributed by atoms with van der Waals surface area (Å²) in [5, 5.41) is 9.34. The first-order valence-corrected chi connectivity index (χ1v) is 10.2. The van der Waals surface area contributed by atoms with Crippen molar-refractivity contribution in [2.45, 2.75) is 45.9 Å². The number of guanidine groups is 1. The molecule has 2 unspecified atom stereocenters. The van der Waals surface area contributed by atoms with Crippen molar-refractivity contribution in [2.24, 2.45) is 4.99 Å². The molecule has 0 heterocycles. The zero-order valence-electron chi connectivity index (χ0n) is 18.0. The van der Waals surface area contributed by atoms with Crippen LogP contribution in [0.3, 0.4) is 0 Å². The lowest BCUT2D eigenvalue weighted by Crippen LogP contribution is -2.41. The van der Waals surface area contributed by atoms with Crippen LogP contribution in [0.25, 0.3) is 0 Å². The first-order chi connectivity index (χ1) is 14.4. The number of nitrogens with zero attached hydrogens (tertiary/aromatic N) is 1. The lowest BCUT2D eigenvalue weighted by Gasteiger charge is -2.18. The summed E-state index contributed by atoms with van der Waals surface area (Å²) in [6.07, 6.45) is 0.627. The van der Waals surface area contributed by atoms with Crippen LogP contribution in [-0.2, 0) is 6.54 Å². The molecule has 0 aliphatic heterocycles. The highest BCUT2D eigenvalue weighted by Gasteiger charge is 2.10.